The van der Waals surface area contributed by atoms with Gasteiger partial charge in [-0.15, -0.1) is 0 Å². The van der Waals surface area contributed by atoms with Gasteiger partial charge in [-0.25, -0.2) is 4.99 Å². The van der Waals surface area contributed by atoms with Crippen molar-refractivity contribution < 1.29 is 0 Å². The molecule has 0 unspecified atom stereocenters. The molecule has 1 atom stereocenters. The number of nitrogens with one attached hydrogen (secondary N) is 1. The fourth-order valence-corrected chi connectivity index (χ4v) is 3.44. The lowest BCUT2D eigenvalue weighted by molar-refractivity contribution is 0.288. The Balaban J connectivity index is 1.91. The molecule has 2 aliphatic rings. The second-order valence-corrected chi connectivity index (χ2v) is 6.89. The van der Waals surface area contributed by atoms with E-state index in [1.165, 1.54) is 5.57 Å². The van der Waals surface area contributed by atoms with Gasteiger partial charge < -0.3 is 5.32 Å². The lowest BCUT2D eigenvalue weighted by Crippen LogP contribution is -2.33. The summed E-state index contributed by atoms with van der Waals surface area (Å²) in [5, 5.41) is 4.21. The van der Waals surface area contributed by atoms with Gasteiger partial charge in [-0.1, -0.05) is 35.9 Å². The molecular weight excluding hydrogens is 318 g/mol. The van der Waals surface area contributed by atoms with Crippen LogP contribution in [0.4, 0.5) is 17.1 Å². The summed E-state index contributed by atoms with van der Waals surface area (Å²) >= 11 is 6.20. The van der Waals surface area contributed by atoms with E-state index in [9.17, 15) is 0 Å². The molecule has 0 aromatic heterocycles. The van der Waals surface area contributed by atoms with Gasteiger partial charge in [0.15, 0.2) is 0 Å². The van der Waals surface area contributed by atoms with Crippen LogP contribution in [-0.2, 0) is 0 Å². The molecule has 0 aliphatic carbocycles. The summed E-state index contributed by atoms with van der Waals surface area (Å²) in [4.78, 5) is 7.36. The zero-order valence-corrected chi connectivity index (χ0v) is 14.6. The number of likely N-dealkylation sites (N-methyl/N-ethyl adjacent to an activating group) is 1. The van der Waals surface area contributed by atoms with Crippen LogP contribution >= 0.6 is 11.6 Å². The summed E-state index contributed by atoms with van der Waals surface area (Å²) < 4.78 is 0. The van der Waals surface area contributed by atoms with Crippen molar-refractivity contribution in [2.24, 2.45) is 4.99 Å². The molecule has 2 aromatic rings. The maximum atomic E-state index is 6.20. The standard InChI is InChI=1S/C20H20ClN3/c1-13-11-14(9-10-24(13)2)20-16-5-3-4-6-17(16)22-18-8-7-15(21)12-19(18)23-20/h3-8,11-13,22H,9-10H2,1-2H3/t13-/m0/s1. The van der Waals surface area contributed by atoms with Gasteiger partial charge in [-0.05, 0) is 50.2 Å². The predicted molar refractivity (Wildman–Crippen MR) is 102 cm³/mol. The highest BCUT2D eigenvalue weighted by molar-refractivity contribution is 6.31. The monoisotopic (exact) mass is 337 g/mol. The Morgan fingerprint density at radius 2 is 2.00 bits per heavy atom. The zero-order valence-electron chi connectivity index (χ0n) is 13.9. The normalized spacial score (nSPS) is 20.2. The Labute approximate surface area is 147 Å². The number of anilines is 2. The topological polar surface area (TPSA) is 27.6 Å². The molecule has 4 heteroatoms. The summed E-state index contributed by atoms with van der Waals surface area (Å²) in [7, 11) is 2.16. The van der Waals surface area contributed by atoms with Gasteiger partial charge in [-0.3, -0.25) is 4.90 Å². The van der Waals surface area contributed by atoms with Gasteiger partial charge in [0.2, 0.25) is 0 Å². The van der Waals surface area contributed by atoms with Crippen LogP contribution in [0.15, 0.2) is 59.1 Å². The van der Waals surface area contributed by atoms with E-state index in [0.29, 0.717) is 11.1 Å². The van der Waals surface area contributed by atoms with Crippen molar-refractivity contribution in [2.45, 2.75) is 19.4 Å². The summed E-state index contributed by atoms with van der Waals surface area (Å²) in [6.07, 6.45) is 3.33. The third-order valence-electron chi connectivity index (χ3n) is 4.82. The molecule has 2 aromatic carbocycles. The van der Waals surface area contributed by atoms with Gasteiger partial charge in [0.1, 0.15) is 0 Å². The van der Waals surface area contributed by atoms with Crippen molar-refractivity contribution >= 4 is 34.4 Å². The van der Waals surface area contributed by atoms with Gasteiger partial charge >= 0.3 is 0 Å². The maximum absolute atomic E-state index is 6.20. The quantitative estimate of drug-likeness (QED) is 0.777. The Kier molecular flexibility index (Phi) is 3.91. The number of halogens is 1. The molecule has 0 saturated carbocycles. The van der Waals surface area contributed by atoms with E-state index >= 15 is 0 Å². The van der Waals surface area contributed by atoms with Crippen molar-refractivity contribution in [3.63, 3.8) is 0 Å². The smallest absolute Gasteiger partial charge is 0.0886 e. The minimum absolute atomic E-state index is 0.415. The van der Waals surface area contributed by atoms with Crippen LogP contribution in [0.3, 0.4) is 0 Å². The molecule has 0 amide bonds. The minimum Gasteiger partial charge on any atom is -0.353 e. The van der Waals surface area contributed by atoms with Crippen molar-refractivity contribution in [3.05, 3.63) is 64.7 Å². The number of hydrogen-bond acceptors (Lipinski definition) is 3. The SMILES string of the molecule is C[C@H]1C=C(C2=Nc3cc(Cl)ccc3Nc3ccccc32)CCN1C. The lowest BCUT2D eigenvalue weighted by atomic mass is 9.94. The average molecular weight is 338 g/mol. The van der Waals surface area contributed by atoms with E-state index in [-0.39, 0.29) is 0 Å². The Morgan fingerprint density at radius 1 is 1.17 bits per heavy atom. The zero-order chi connectivity index (χ0) is 16.7. The summed E-state index contributed by atoms with van der Waals surface area (Å²) in [6, 6.07) is 14.6. The first-order valence-corrected chi connectivity index (χ1v) is 8.65. The molecule has 3 nitrogen and oxygen atoms in total. The van der Waals surface area contributed by atoms with E-state index in [2.05, 4.69) is 54.5 Å². The van der Waals surface area contributed by atoms with Crippen LogP contribution in [-0.4, -0.2) is 30.2 Å². The molecule has 0 radical (unpaired) electrons. The first-order valence-electron chi connectivity index (χ1n) is 8.28. The third kappa shape index (κ3) is 2.74. The van der Waals surface area contributed by atoms with E-state index in [4.69, 9.17) is 16.6 Å². The highest BCUT2D eigenvalue weighted by Gasteiger charge is 2.23. The number of benzene rings is 2. The molecule has 0 fully saturated rings. The molecule has 1 N–H and O–H groups in total. The van der Waals surface area contributed by atoms with Crippen molar-refractivity contribution in [2.75, 3.05) is 18.9 Å². The Bertz CT molecular complexity index is 854. The van der Waals surface area contributed by atoms with Crippen molar-refractivity contribution in [1.29, 1.82) is 0 Å². The molecule has 2 aliphatic heterocycles. The molecule has 24 heavy (non-hydrogen) atoms. The molecule has 0 spiro atoms. The van der Waals surface area contributed by atoms with E-state index in [1.807, 2.05) is 18.2 Å². The summed E-state index contributed by atoms with van der Waals surface area (Å²) in [5.41, 5.74) is 6.48. The lowest BCUT2D eigenvalue weighted by Gasteiger charge is -2.29. The van der Waals surface area contributed by atoms with Gasteiger partial charge in [0, 0.05) is 28.9 Å². The van der Waals surface area contributed by atoms with E-state index < -0.39 is 0 Å². The van der Waals surface area contributed by atoms with Gasteiger partial charge in [0.05, 0.1) is 17.1 Å². The van der Waals surface area contributed by atoms with Crippen LogP contribution in [0.2, 0.25) is 5.02 Å². The molecule has 4 rings (SSSR count). The van der Waals surface area contributed by atoms with Crippen molar-refractivity contribution in [3.8, 4) is 0 Å². The van der Waals surface area contributed by atoms with Gasteiger partial charge in [-0.2, -0.15) is 0 Å². The number of hydrogen-bond donors (Lipinski definition) is 1. The van der Waals surface area contributed by atoms with Crippen LogP contribution in [0.5, 0.6) is 0 Å². The van der Waals surface area contributed by atoms with Crippen LogP contribution < -0.4 is 5.32 Å². The average Bonchev–Trinajstić information content (AvgIpc) is 2.74. The highest BCUT2D eigenvalue weighted by atomic mass is 35.5. The molecule has 2 heterocycles. The number of para-hydroxylation sites is 1. The Morgan fingerprint density at radius 3 is 2.83 bits per heavy atom. The van der Waals surface area contributed by atoms with Gasteiger partial charge in [0.25, 0.3) is 0 Å². The summed E-state index contributed by atoms with van der Waals surface area (Å²) in [5.74, 6) is 0. The van der Waals surface area contributed by atoms with Crippen LogP contribution in [0, 0.1) is 0 Å². The first kappa shape index (κ1) is 15.4. The predicted octanol–water partition coefficient (Wildman–Crippen LogP) is 5.17. The molecule has 122 valence electrons. The first-order chi connectivity index (χ1) is 11.6. The Hall–Kier alpha value is -2.10. The fraction of sp³-hybridized carbons (Fsp3) is 0.250. The number of rotatable bonds is 1. The van der Waals surface area contributed by atoms with E-state index in [1.54, 1.807) is 0 Å². The number of nitrogens with zero attached hydrogens (tertiary/aromatic N) is 2. The number of aliphatic imine (C=N–C) groups is 1. The largest absolute Gasteiger partial charge is 0.353 e. The summed E-state index contributed by atoms with van der Waals surface area (Å²) in [6.45, 7) is 3.27. The third-order valence-corrected chi connectivity index (χ3v) is 5.05. The highest BCUT2D eigenvalue weighted by Crippen LogP contribution is 2.37. The van der Waals surface area contributed by atoms with Crippen molar-refractivity contribution in [1.82, 2.24) is 4.90 Å². The maximum Gasteiger partial charge on any atom is 0.0886 e. The second kappa shape index (κ2) is 6.08. The minimum atomic E-state index is 0.415. The number of fused-ring (bicyclic) bond motifs is 2. The molecule has 0 bridgehead atoms. The fourth-order valence-electron chi connectivity index (χ4n) is 3.27. The molecule has 0 saturated heterocycles. The molecular formula is C20H20ClN3. The van der Waals surface area contributed by atoms with Crippen LogP contribution in [0.1, 0.15) is 18.9 Å². The van der Waals surface area contributed by atoms with Crippen LogP contribution in [0.25, 0.3) is 0 Å². The second-order valence-electron chi connectivity index (χ2n) is 6.46. The van der Waals surface area contributed by atoms with E-state index in [0.717, 1.165) is 41.3 Å².